The van der Waals surface area contributed by atoms with Gasteiger partial charge in [0.25, 0.3) is 5.91 Å². The van der Waals surface area contributed by atoms with Crippen LogP contribution in [0, 0.1) is 0 Å². The standard InChI is InChI=1S/C19H15ClF3N3OS/c1-26(2)13-6-3-11(4-7-13)9-16-17(27)25-18(28-16)24-15-8-5-12(20)10-14(15)19(21,22)23/h3-10H,1-2H3,(H,24,25,27)/b16-9-. The number of anilines is 1. The normalized spacial score (nSPS) is 17.3. The molecule has 0 radical (unpaired) electrons. The molecule has 9 heteroatoms. The Labute approximate surface area is 169 Å². The second kappa shape index (κ2) is 7.89. The van der Waals surface area contributed by atoms with E-state index < -0.39 is 17.6 Å². The lowest BCUT2D eigenvalue weighted by Gasteiger charge is -2.11. The molecule has 3 rings (SSSR count). The molecule has 0 aliphatic carbocycles. The molecule has 1 aliphatic heterocycles. The van der Waals surface area contributed by atoms with Crippen molar-refractivity contribution < 1.29 is 18.0 Å². The molecule has 0 atom stereocenters. The fourth-order valence-corrected chi connectivity index (χ4v) is 3.45. The predicted octanol–water partition coefficient (Wildman–Crippen LogP) is 5.32. The summed E-state index contributed by atoms with van der Waals surface area (Å²) in [6.45, 7) is 0. The number of thioether (sulfide) groups is 1. The minimum absolute atomic E-state index is 0.0406. The summed E-state index contributed by atoms with van der Waals surface area (Å²) in [6, 6.07) is 10.8. The number of hydrogen-bond donors (Lipinski definition) is 1. The molecule has 2 aromatic carbocycles. The smallest absolute Gasteiger partial charge is 0.378 e. The van der Waals surface area contributed by atoms with Crippen LogP contribution in [0.25, 0.3) is 6.08 Å². The van der Waals surface area contributed by atoms with Crippen LogP contribution in [0.1, 0.15) is 11.1 Å². The van der Waals surface area contributed by atoms with E-state index in [9.17, 15) is 18.0 Å². The maximum Gasteiger partial charge on any atom is 0.418 e. The van der Waals surface area contributed by atoms with Gasteiger partial charge in [0.05, 0.1) is 16.2 Å². The first-order valence-electron chi connectivity index (χ1n) is 8.07. The van der Waals surface area contributed by atoms with Crippen molar-refractivity contribution >= 4 is 51.9 Å². The van der Waals surface area contributed by atoms with E-state index in [4.69, 9.17) is 11.6 Å². The van der Waals surface area contributed by atoms with Crippen LogP contribution in [0.2, 0.25) is 5.02 Å². The van der Waals surface area contributed by atoms with E-state index in [1.165, 1.54) is 12.1 Å². The van der Waals surface area contributed by atoms with Gasteiger partial charge in [0.2, 0.25) is 0 Å². The van der Waals surface area contributed by atoms with Crippen LogP contribution in [0.3, 0.4) is 0 Å². The fourth-order valence-electron chi connectivity index (χ4n) is 2.44. The lowest BCUT2D eigenvalue weighted by Crippen LogP contribution is -2.19. The predicted molar refractivity (Wildman–Crippen MR) is 108 cm³/mol. The highest BCUT2D eigenvalue weighted by molar-refractivity contribution is 8.18. The molecule has 1 aliphatic rings. The quantitative estimate of drug-likeness (QED) is 0.677. The molecular formula is C19H15ClF3N3OS. The number of hydrogen-bond acceptors (Lipinski definition) is 4. The van der Waals surface area contributed by atoms with Crippen LogP contribution in [-0.4, -0.2) is 25.2 Å². The highest BCUT2D eigenvalue weighted by atomic mass is 35.5. The Morgan fingerprint density at radius 2 is 1.82 bits per heavy atom. The monoisotopic (exact) mass is 425 g/mol. The van der Waals surface area contributed by atoms with Gasteiger partial charge in [-0.25, -0.2) is 4.99 Å². The van der Waals surface area contributed by atoms with Crippen molar-refractivity contribution in [2.24, 2.45) is 4.99 Å². The van der Waals surface area contributed by atoms with Gasteiger partial charge >= 0.3 is 6.18 Å². The van der Waals surface area contributed by atoms with Gasteiger partial charge in [-0.2, -0.15) is 13.2 Å². The average Bonchev–Trinajstić information content (AvgIpc) is 2.95. The van der Waals surface area contributed by atoms with Crippen LogP contribution in [0.5, 0.6) is 0 Å². The zero-order valence-corrected chi connectivity index (χ0v) is 16.4. The number of alkyl halides is 3. The number of nitrogens with zero attached hydrogens (tertiary/aromatic N) is 2. The Kier molecular flexibility index (Phi) is 5.71. The van der Waals surface area contributed by atoms with E-state index in [1.807, 2.05) is 43.3 Å². The highest BCUT2D eigenvalue weighted by Gasteiger charge is 2.34. The third-order valence-corrected chi connectivity index (χ3v) is 4.99. The van der Waals surface area contributed by atoms with Crippen molar-refractivity contribution in [3.05, 3.63) is 63.5 Å². The number of amidine groups is 1. The van der Waals surface area contributed by atoms with E-state index in [1.54, 1.807) is 6.08 Å². The van der Waals surface area contributed by atoms with Gasteiger partial charge in [-0.3, -0.25) is 4.79 Å². The molecule has 0 aromatic heterocycles. The van der Waals surface area contributed by atoms with Gasteiger partial charge in [-0.1, -0.05) is 23.7 Å². The molecular weight excluding hydrogens is 411 g/mol. The molecule has 0 unspecified atom stereocenters. The van der Waals surface area contributed by atoms with E-state index in [0.717, 1.165) is 29.1 Å². The third kappa shape index (κ3) is 4.69. The van der Waals surface area contributed by atoms with Crippen molar-refractivity contribution in [3.8, 4) is 0 Å². The zero-order valence-electron chi connectivity index (χ0n) is 14.8. The Balaban J connectivity index is 1.87. The van der Waals surface area contributed by atoms with Gasteiger partial charge in [-0.15, -0.1) is 0 Å². The Morgan fingerprint density at radius 1 is 1.14 bits per heavy atom. The molecule has 0 spiro atoms. The van der Waals surface area contributed by atoms with Crippen molar-refractivity contribution in [1.29, 1.82) is 0 Å². The average molecular weight is 426 g/mol. The fraction of sp³-hybridized carbons (Fsp3) is 0.158. The third-order valence-electron chi connectivity index (χ3n) is 3.84. The summed E-state index contributed by atoms with van der Waals surface area (Å²) in [5.74, 6) is -0.414. The Bertz CT molecular complexity index is 969. The van der Waals surface area contributed by atoms with Crippen LogP contribution in [0.4, 0.5) is 24.5 Å². The second-order valence-corrected chi connectivity index (χ2v) is 7.59. The number of nitrogens with one attached hydrogen (secondary N) is 1. The molecule has 28 heavy (non-hydrogen) atoms. The van der Waals surface area contributed by atoms with Gasteiger partial charge in [0.1, 0.15) is 0 Å². The van der Waals surface area contributed by atoms with Crippen molar-refractivity contribution in [2.45, 2.75) is 6.18 Å². The van der Waals surface area contributed by atoms with Gasteiger partial charge in [-0.05, 0) is 53.7 Å². The molecule has 1 fully saturated rings. The van der Waals surface area contributed by atoms with Gasteiger partial charge in [0.15, 0.2) is 5.17 Å². The topological polar surface area (TPSA) is 44.7 Å². The van der Waals surface area contributed by atoms with Crippen molar-refractivity contribution in [2.75, 3.05) is 19.0 Å². The van der Waals surface area contributed by atoms with Crippen LogP contribution in [-0.2, 0) is 11.0 Å². The van der Waals surface area contributed by atoms with E-state index in [0.29, 0.717) is 4.91 Å². The number of carbonyl (C=O) groups is 1. The lowest BCUT2D eigenvalue weighted by atomic mass is 10.2. The van der Waals surface area contributed by atoms with Gasteiger partial charge < -0.3 is 10.2 Å². The first kappa shape index (κ1) is 20.3. The van der Waals surface area contributed by atoms with Crippen LogP contribution >= 0.6 is 23.4 Å². The number of aliphatic imine (C=N–C) groups is 1. The largest absolute Gasteiger partial charge is 0.418 e. The van der Waals surface area contributed by atoms with E-state index >= 15 is 0 Å². The van der Waals surface area contributed by atoms with Gasteiger partial charge in [0, 0.05) is 24.8 Å². The van der Waals surface area contributed by atoms with Crippen LogP contribution in [0.15, 0.2) is 52.4 Å². The summed E-state index contributed by atoms with van der Waals surface area (Å²) < 4.78 is 39.6. The lowest BCUT2D eigenvalue weighted by molar-refractivity contribution is -0.137. The first-order chi connectivity index (χ1) is 13.1. The maximum atomic E-state index is 13.2. The zero-order chi connectivity index (χ0) is 20.5. The number of rotatable bonds is 3. The molecule has 1 N–H and O–H groups in total. The number of halogens is 4. The molecule has 1 heterocycles. The SMILES string of the molecule is CN(C)c1ccc(/C=C2\SC(=Nc3ccc(Cl)cc3C(F)(F)F)NC2=O)cc1. The highest BCUT2D eigenvalue weighted by Crippen LogP contribution is 2.39. The first-order valence-corrected chi connectivity index (χ1v) is 9.26. The molecule has 0 bridgehead atoms. The molecule has 2 aromatic rings. The second-order valence-electron chi connectivity index (χ2n) is 6.13. The molecule has 4 nitrogen and oxygen atoms in total. The summed E-state index contributed by atoms with van der Waals surface area (Å²) in [7, 11) is 3.84. The summed E-state index contributed by atoms with van der Waals surface area (Å²) in [5.41, 5.74) is 0.539. The van der Waals surface area contributed by atoms with Crippen molar-refractivity contribution in [1.82, 2.24) is 5.32 Å². The van der Waals surface area contributed by atoms with Crippen molar-refractivity contribution in [3.63, 3.8) is 0 Å². The molecule has 1 amide bonds. The molecule has 1 saturated heterocycles. The van der Waals surface area contributed by atoms with E-state index in [2.05, 4.69) is 10.3 Å². The van der Waals surface area contributed by atoms with E-state index in [-0.39, 0.29) is 15.9 Å². The summed E-state index contributed by atoms with van der Waals surface area (Å²) >= 11 is 6.65. The summed E-state index contributed by atoms with van der Waals surface area (Å²) in [6.07, 6.45) is -2.95. The maximum absolute atomic E-state index is 13.2. The minimum atomic E-state index is -4.61. The molecule has 146 valence electrons. The summed E-state index contributed by atoms with van der Waals surface area (Å²) in [4.78, 5) is 18.4. The number of benzene rings is 2. The Hall–Kier alpha value is -2.45. The minimum Gasteiger partial charge on any atom is -0.378 e. The number of amides is 1. The Morgan fingerprint density at radius 3 is 2.43 bits per heavy atom. The molecule has 0 saturated carbocycles. The van der Waals surface area contributed by atoms with Crippen LogP contribution < -0.4 is 10.2 Å². The number of carbonyl (C=O) groups excluding carboxylic acids is 1. The summed E-state index contributed by atoms with van der Waals surface area (Å²) in [5, 5.41) is 2.53.